The van der Waals surface area contributed by atoms with Gasteiger partial charge in [0.1, 0.15) is 11.4 Å². The molecule has 2 atom stereocenters. The van der Waals surface area contributed by atoms with E-state index in [1.54, 1.807) is 26.7 Å². The van der Waals surface area contributed by atoms with Gasteiger partial charge in [-0.25, -0.2) is 9.97 Å². The molecule has 5 nitrogen and oxygen atoms in total. The van der Waals surface area contributed by atoms with Crippen LogP contribution in [0.2, 0.25) is 0 Å². The second-order valence-corrected chi connectivity index (χ2v) is 6.47. The van der Waals surface area contributed by atoms with E-state index in [4.69, 9.17) is 9.39 Å². The maximum atomic E-state index is 10.7. The molecule has 2 aromatic rings. The quantitative estimate of drug-likeness (QED) is 0.363. The van der Waals surface area contributed by atoms with Crippen molar-refractivity contribution in [3.8, 4) is 0 Å². The Kier molecular flexibility index (Phi) is 5.62. The maximum Gasteiger partial charge on any atom is 0.257 e. The molecule has 8 heteroatoms. The van der Waals surface area contributed by atoms with Crippen molar-refractivity contribution in [1.82, 2.24) is 9.97 Å². The summed E-state index contributed by atoms with van der Waals surface area (Å²) in [4.78, 5) is 9.25. The van der Waals surface area contributed by atoms with E-state index >= 15 is 0 Å². The summed E-state index contributed by atoms with van der Waals surface area (Å²) in [6, 6.07) is 0. The molecule has 2 unspecified atom stereocenters. The number of rotatable bonds is 7. The van der Waals surface area contributed by atoms with Gasteiger partial charge in [0.2, 0.25) is 5.79 Å². The van der Waals surface area contributed by atoms with E-state index in [2.05, 4.69) is 9.97 Å². The highest BCUT2D eigenvalue weighted by Crippen LogP contribution is 2.37. The molecule has 2 heterocycles. The molecular weight excluding hydrogens is 307 g/mol. The number of hydrogen-bond donors (Lipinski definition) is 1. The lowest BCUT2D eigenvalue weighted by Crippen LogP contribution is -2.32. The highest BCUT2D eigenvalue weighted by atomic mass is 32.2. The summed E-state index contributed by atoms with van der Waals surface area (Å²) in [5, 5.41) is 14.6. The van der Waals surface area contributed by atoms with Gasteiger partial charge < -0.3 is 14.5 Å². The zero-order valence-electron chi connectivity index (χ0n) is 12.6. The summed E-state index contributed by atoms with van der Waals surface area (Å²) < 4.78 is 10.9. The molecule has 1 N–H and O–H groups in total. The first-order valence-corrected chi connectivity index (χ1v) is 8.79. The van der Waals surface area contributed by atoms with E-state index in [9.17, 15) is 5.11 Å². The number of aliphatic hydroxyl groups is 1. The van der Waals surface area contributed by atoms with Gasteiger partial charge in [0, 0.05) is 10.8 Å². The van der Waals surface area contributed by atoms with Gasteiger partial charge >= 0.3 is 0 Å². The number of ether oxygens (including phenoxy) is 1. The normalized spacial score (nSPS) is 16.0. The minimum Gasteiger partial charge on any atom is -0.441 e. The summed E-state index contributed by atoms with van der Waals surface area (Å²) in [6.07, 6.45) is 4.09. The average molecular weight is 326 g/mol. The lowest BCUT2D eigenvalue weighted by Gasteiger charge is -2.28. The number of hydrogen-bond acceptors (Lipinski definition) is 7. The summed E-state index contributed by atoms with van der Waals surface area (Å²) in [5.41, 5.74) is 0.747. The van der Waals surface area contributed by atoms with Gasteiger partial charge in [-0.1, -0.05) is 6.92 Å². The Labute approximate surface area is 133 Å². The van der Waals surface area contributed by atoms with Crippen molar-refractivity contribution in [2.24, 2.45) is 0 Å². The van der Waals surface area contributed by atoms with Crippen molar-refractivity contribution in [3.63, 3.8) is 0 Å². The molecule has 2 rings (SSSR count). The molecule has 2 aromatic heterocycles. The lowest BCUT2D eigenvalue weighted by atomic mass is 10.2. The van der Waals surface area contributed by atoms with Crippen molar-refractivity contribution in [2.45, 2.75) is 37.2 Å². The second kappa shape index (κ2) is 7.06. The van der Waals surface area contributed by atoms with Gasteiger partial charge in [-0.15, -0.1) is 23.1 Å². The second-order valence-electron chi connectivity index (χ2n) is 4.80. The zero-order valence-corrected chi connectivity index (χ0v) is 14.3. The van der Waals surface area contributed by atoms with Gasteiger partial charge in [-0.05, 0) is 19.6 Å². The highest BCUT2D eigenvalue weighted by molar-refractivity contribution is 7.98. The van der Waals surface area contributed by atoms with Crippen LogP contribution in [0.25, 0.3) is 10.9 Å². The monoisotopic (exact) mass is 326 g/mol. The Morgan fingerprint density at radius 3 is 2.90 bits per heavy atom. The van der Waals surface area contributed by atoms with Crippen LogP contribution in [0.4, 0.5) is 0 Å². The molecule has 0 saturated carbocycles. The smallest absolute Gasteiger partial charge is 0.257 e. The molecule has 0 bridgehead atoms. The number of thiophene rings is 1. The molecule has 0 aromatic carbocycles. The van der Waals surface area contributed by atoms with Crippen LogP contribution in [-0.4, -0.2) is 42.1 Å². The largest absolute Gasteiger partial charge is 0.441 e. The minimum atomic E-state index is -1.39. The SMILES string of the molecule is BOCC(CC)OC(C)(O)c1scc2c(SC)ncnc12. The number of aromatic nitrogens is 2. The van der Waals surface area contributed by atoms with Crippen LogP contribution >= 0.6 is 23.1 Å². The van der Waals surface area contributed by atoms with Crippen LogP contribution in [0.15, 0.2) is 16.7 Å². The van der Waals surface area contributed by atoms with Crippen LogP contribution in [-0.2, 0) is 15.2 Å². The summed E-state index contributed by atoms with van der Waals surface area (Å²) in [5.74, 6) is -1.39. The van der Waals surface area contributed by atoms with Gasteiger partial charge in [-0.2, -0.15) is 0 Å². The number of nitrogens with zero attached hydrogens (tertiary/aromatic N) is 2. The van der Waals surface area contributed by atoms with Crippen molar-refractivity contribution < 1.29 is 14.5 Å². The Bertz CT molecular complexity index is 606. The van der Waals surface area contributed by atoms with E-state index in [0.717, 1.165) is 22.3 Å². The fourth-order valence-electron chi connectivity index (χ4n) is 2.13. The Morgan fingerprint density at radius 1 is 1.52 bits per heavy atom. The first kappa shape index (κ1) is 16.7. The summed E-state index contributed by atoms with van der Waals surface area (Å²) >= 11 is 3.00. The third kappa shape index (κ3) is 3.57. The molecule has 0 amide bonds. The molecule has 21 heavy (non-hydrogen) atoms. The third-order valence-electron chi connectivity index (χ3n) is 3.18. The van der Waals surface area contributed by atoms with Gasteiger partial charge in [0.15, 0.2) is 0 Å². The van der Waals surface area contributed by atoms with Crippen LogP contribution < -0.4 is 0 Å². The summed E-state index contributed by atoms with van der Waals surface area (Å²) in [7, 11) is 1.62. The minimum absolute atomic E-state index is 0.163. The maximum absolute atomic E-state index is 10.7. The zero-order chi connectivity index (χ0) is 15.5. The Morgan fingerprint density at radius 2 is 2.29 bits per heavy atom. The number of fused-ring (bicyclic) bond motifs is 1. The van der Waals surface area contributed by atoms with Gasteiger partial charge in [0.05, 0.1) is 23.1 Å². The first-order valence-electron chi connectivity index (χ1n) is 6.69. The van der Waals surface area contributed by atoms with Gasteiger partial charge in [-0.3, -0.25) is 0 Å². The molecule has 0 fully saturated rings. The molecule has 0 spiro atoms. The molecule has 0 aliphatic carbocycles. The molecular formula is C13H19BN2O3S2. The number of thioether (sulfide) groups is 1. The van der Waals surface area contributed by atoms with Crippen LogP contribution in [0.1, 0.15) is 25.1 Å². The molecule has 0 aliphatic heterocycles. The fourth-order valence-corrected chi connectivity index (χ4v) is 3.73. The standard InChI is InChI=1S/C13H19BN2O3S2/c1-4-8(5-18-14)19-13(2,17)11-10-9(6-21-11)12(20-3)16-7-15-10/h6-8,17H,4-5,14H2,1-3H3. The molecule has 114 valence electrons. The predicted octanol–water partition coefficient (Wildman–Crippen LogP) is 1.94. The first-order chi connectivity index (χ1) is 10.0. The van der Waals surface area contributed by atoms with Crippen LogP contribution in [0.5, 0.6) is 0 Å². The third-order valence-corrected chi connectivity index (χ3v) is 5.05. The Hall–Kier alpha value is -0.665. The summed E-state index contributed by atoms with van der Waals surface area (Å²) in [6.45, 7) is 4.10. The van der Waals surface area contributed by atoms with E-state index in [1.807, 2.05) is 18.6 Å². The average Bonchev–Trinajstić information content (AvgIpc) is 2.91. The van der Waals surface area contributed by atoms with E-state index in [1.165, 1.54) is 17.7 Å². The molecule has 0 aliphatic rings. The predicted molar refractivity (Wildman–Crippen MR) is 88.4 cm³/mol. The van der Waals surface area contributed by atoms with Crippen molar-refractivity contribution in [1.29, 1.82) is 0 Å². The highest BCUT2D eigenvalue weighted by Gasteiger charge is 2.32. The van der Waals surface area contributed by atoms with Crippen molar-refractivity contribution >= 4 is 42.1 Å². The van der Waals surface area contributed by atoms with E-state index in [0.29, 0.717) is 11.5 Å². The molecule has 0 radical (unpaired) electrons. The topological polar surface area (TPSA) is 64.5 Å². The lowest BCUT2D eigenvalue weighted by molar-refractivity contribution is -0.229. The molecule has 0 saturated heterocycles. The van der Waals surface area contributed by atoms with E-state index < -0.39 is 5.79 Å². The fraction of sp³-hybridized carbons (Fsp3) is 0.538. The van der Waals surface area contributed by atoms with Crippen LogP contribution in [0, 0.1) is 0 Å². The van der Waals surface area contributed by atoms with Gasteiger partial charge in [0.25, 0.3) is 8.05 Å². The van der Waals surface area contributed by atoms with Crippen molar-refractivity contribution in [2.75, 3.05) is 12.9 Å². The Balaban J connectivity index is 2.36. The van der Waals surface area contributed by atoms with Crippen LogP contribution in [0.3, 0.4) is 0 Å². The van der Waals surface area contributed by atoms with Crippen molar-refractivity contribution in [3.05, 3.63) is 16.6 Å². The van der Waals surface area contributed by atoms with E-state index in [-0.39, 0.29) is 6.10 Å².